The van der Waals surface area contributed by atoms with Crippen molar-refractivity contribution >= 4 is 44.0 Å². The first-order valence-corrected chi connectivity index (χ1v) is 19.0. The smallest absolute Gasteiger partial charge is 0.0729 e. The van der Waals surface area contributed by atoms with Gasteiger partial charge in [-0.2, -0.15) is 0 Å². The van der Waals surface area contributed by atoms with E-state index in [1.807, 2.05) is 0 Å². The average Bonchev–Trinajstić information content (AvgIpc) is 3.82. The van der Waals surface area contributed by atoms with Gasteiger partial charge in [0.2, 0.25) is 0 Å². The van der Waals surface area contributed by atoms with E-state index in [1.165, 1.54) is 99.5 Å². The molecule has 0 aromatic heterocycles. The molecule has 0 saturated carbocycles. The molecule has 0 saturated heterocycles. The van der Waals surface area contributed by atoms with Crippen molar-refractivity contribution in [3.63, 3.8) is 0 Å². The maximum Gasteiger partial charge on any atom is 0.0729 e. The van der Waals surface area contributed by atoms with Gasteiger partial charge in [0.05, 0.1) is 10.8 Å². The SMILES string of the molecule is C/C=c1/c2c(c3c(/c1=C/C)-c1ccc(Br)cc1C31c3ccccc3-c3ccccc31)C1(c3ccccc3-c3ccccc31)c1cc(Br)ccc1-2. The molecule has 0 aliphatic heterocycles. The summed E-state index contributed by atoms with van der Waals surface area (Å²) in [5.74, 6) is 0. The van der Waals surface area contributed by atoms with Crippen LogP contribution in [-0.2, 0) is 10.8 Å². The van der Waals surface area contributed by atoms with Crippen LogP contribution in [0, 0.1) is 0 Å². The molecule has 2 heteroatoms. The Morgan fingerprint density at radius 2 is 0.700 bits per heavy atom. The van der Waals surface area contributed by atoms with E-state index in [2.05, 4.69) is 191 Å². The van der Waals surface area contributed by atoms with Crippen molar-refractivity contribution in [1.29, 1.82) is 0 Å². The summed E-state index contributed by atoms with van der Waals surface area (Å²) in [5, 5.41) is 2.63. The molecule has 0 bridgehead atoms. The van der Waals surface area contributed by atoms with Gasteiger partial charge in [0, 0.05) is 8.95 Å². The Balaban J connectivity index is 1.49. The number of hydrogen-bond acceptors (Lipinski definition) is 0. The summed E-state index contributed by atoms with van der Waals surface area (Å²) in [7, 11) is 0. The molecule has 50 heavy (non-hydrogen) atoms. The minimum absolute atomic E-state index is 0.519. The minimum atomic E-state index is -0.519. The summed E-state index contributed by atoms with van der Waals surface area (Å²) in [4.78, 5) is 0. The van der Waals surface area contributed by atoms with Gasteiger partial charge in [-0.3, -0.25) is 0 Å². The predicted molar refractivity (Wildman–Crippen MR) is 214 cm³/mol. The van der Waals surface area contributed by atoms with Gasteiger partial charge < -0.3 is 0 Å². The first-order chi connectivity index (χ1) is 24.6. The molecule has 4 aliphatic rings. The molecule has 0 atom stereocenters. The first-order valence-electron chi connectivity index (χ1n) is 17.4. The molecule has 0 nitrogen and oxygen atoms in total. The van der Waals surface area contributed by atoms with Crippen molar-refractivity contribution in [3.05, 3.63) is 197 Å². The normalized spacial score (nSPS) is 16.2. The zero-order chi connectivity index (χ0) is 33.5. The van der Waals surface area contributed by atoms with Crippen molar-refractivity contribution in [2.24, 2.45) is 0 Å². The molecule has 11 rings (SSSR count). The highest BCUT2D eigenvalue weighted by Gasteiger charge is 2.60. The summed E-state index contributed by atoms with van der Waals surface area (Å²) < 4.78 is 2.20. The van der Waals surface area contributed by atoms with Crippen LogP contribution in [0.4, 0.5) is 0 Å². The van der Waals surface area contributed by atoms with Gasteiger partial charge in [-0.15, -0.1) is 0 Å². The number of rotatable bonds is 0. The summed E-state index contributed by atoms with van der Waals surface area (Å²) >= 11 is 7.92. The highest BCUT2D eigenvalue weighted by Crippen LogP contribution is 2.70. The predicted octanol–water partition coefficient (Wildman–Crippen LogP) is 11.5. The van der Waals surface area contributed by atoms with Gasteiger partial charge in [-0.05, 0) is 138 Å². The molecular formula is C48H30Br2. The molecule has 0 unspecified atom stereocenters. The molecule has 0 amide bonds. The van der Waals surface area contributed by atoms with Crippen LogP contribution in [0.15, 0.2) is 142 Å². The van der Waals surface area contributed by atoms with Gasteiger partial charge >= 0.3 is 0 Å². The van der Waals surface area contributed by atoms with Crippen molar-refractivity contribution < 1.29 is 0 Å². The molecule has 0 radical (unpaired) electrons. The lowest BCUT2D eigenvalue weighted by Gasteiger charge is -2.38. The average molecular weight is 767 g/mol. The number of fused-ring (bicyclic) bond motifs is 21. The van der Waals surface area contributed by atoms with E-state index < -0.39 is 10.8 Å². The van der Waals surface area contributed by atoms with Crippen LogP contribution in [0.25, 0.3) is 56.7 Å². The lowest BCUT2D eigenvalue weighted by molar-refractivity contribution is 0.725. The van der Waals surface area contributed by atoms with Crippen molar-refractivity contribution in [2.45, 2.75) is 24.7 Å². The van der Waals surface area contributed by atoms with Gasteiger partial charge in [0.15, 0.2) is 0 Å². The standard InChI is InChI=1S/C48H30Br2/c1-3-29-30(4-2)44-36-24-22-28(50)26-42(36)48(39-19-11-7-15-33(39)34-16-8-12-20-40(34)48)46(44)45-43(29)35-23-21-27(49)25-41(35)47(45)37-17-9-5-13-31(37)32-14-6-10-18-38(32)47/h3-26H,1-2H3/b29-3+,30-4+. The van der Waals surface area contributed by atoms with Gasteiger partial charge in [-0.1, -0.05) is 153 Å². The Bertz CT molecular complexity index is 2530. The largest absolute Gasteiger partial charge is 0.0791 e. The number of halogens is 2. The van der Waals surface area contributed by atoms with E-state index in [0.29, 0.717) is 0 Å². The van der Waals surface area contributed by atoms with Gasteiger partial charge in [0.1, 0.15) is 0 Å². The zero-order valence-corrected chi connectivity index (χ0v) is 30.8. The Kier molecular flexibility index (Phi) is 5.77. The topological polar surface area (TPSA) is 0 Å². The monoisotopic (exact) mass is 764 g/mol. The van der Waals surface area contributed by atoms with Crippen molar-refractivity contribution in [1.82, 2.24) is 0 Å². The van der Waals surface area contributed by atoms with Crippen LogP contribution in [-0.4, -0.2) is 0 Å². The molecule has 2 spiro atoms. The number of hydrogen-bond donors (Lipinski definition) is 0. The zero-order valence-electron chi connectivity index (χ0n) is 27.6. The maximum atomic E-state index is 3.96. The van der Waals surface area contributed by atoms with E-state index in [9.17, 15) is 0 Å². The van der Waals surface area contributed by atoms with Gasteiger partial charge in [0.25, 0.3) is 0 Å². The second-order valence-corrected chi connectivity index (χ2v) is 15.8. The van der Waals surface area contributed by atoms with Crippen LogP contribution in [0.1, 0.15) is 58.4 Å². The Hall–Kier alpha value is -4.76. The van der Waals surface area contributed by atoms with Crippen LogP contribution < -0.4 is 10.4 Å². The molecular weight excluding hydrogens is 736 g/mol. The summed E-state index contributed by atoms with van der Waals surface area (Å²) in [6, 6.07) is 50.8. The quantitative estimate of drug-likeness (QED) is 0.144. The Morgan fingerprint density at radius 3 is 1.02 bits per heavy atom. The molecule has 7 aromatic carbocycles. The fourth-order valence-corrected chi connectivity index (χ4v) is 11.4. The molecule has 7 aromatic rings. The lowest BCUT2D eigenvalue weighted by atomic mass is 9.62. The van der Waals surface area contributed by atoms with E-state index in [4.69, 9.17) is 0 Å². The van der Waals surface area contributed by atoms with Gasteiger partial charge in [-0.25, -0.2) is 0 Å². The Morgan fingerprint density at radius 1 is 0.380 bits per heavy atom. The highest BCUT2D eigenvalue weighted by molar-refractivity contribution is 9.10. The minimum Gasteiger partial charge on any atom is -0.0791 e. The first kappa shape index (κ1) is 29.0. The molecule has 236 valence electrons. The third-order valence-electron chi connectivity index (χ3n) is 12.1. The van der Waals surface area contributed by atoms with Crippen LogP contribution in [0.2, 0.25) is 0 Å². The second-order valence-electron chi connectivity index (χ2n) is 14.0. The summed E-state index contributed by atoms with van der Waals surface area (Å²) in [5.41, 5.74) is 20.6. The molecule has 0 fully saturated rings. The molecule has 0 N–H and O–H groups in total. The molecule has 0 heterocycles. The Labute approximate surface area is 308 Å². The number of benzene rings is 7. The van der Waals surface area contributed by atoms with Crippen LogP contribution >= 0.6 is 31.9 Å². The third kappa shape index (κ3) is 3.12. The second kappa shape index (κ2) is 9.94. The summed E-state index contributed by atoms with van der Waals surface area (Å²) in [6.07, 6.45) is 4.73. The van der Waals surface area contributed by atoms with E-state index in [1.54, 1.807) is 0 Å². The third-order valence-corrected chi connectivity index (χ3v) is 13.1. The van der Waals surface area contributed by atoms with E-state index >= 15 is 0 Å². The fraction of sp³-hybridized carbons (Fsp3) is 0.0833. The van der Waals surface area contributed by atoms with Crippen LogP contribution in [0.5, 0.6) is 0 Å². The van der Waals surface area contributed by atoms with E-state index in [0.717, 1.165) is 8.95 Å². The highest BCUT2D eigenvalue weighted by atomic mass is 79.9. The van der Waals surface area contributed by atoms with Crippen LogP contribution in [0.3, 0.4) is 0 Å². The van der Waals surface area contributed by atoms with E-state index in [-0.39, 0.29) is 0 Å². The fourth-order valence-electron chi connectivity index (χ4n) is 10.6. The lowest BCUT2D eigenvalue weighted by Crippen LogP contribution is -2.38. The van der Waals surface area contributed by atoms with Crippen molar-refractivity contribution in [3.8, 4) is 44.5 Å². The van der Waals surface area contributed by atoms with Crippen molar-refractivity contribution in [2.75, 3.05) is 0 Å². The summed E-state index contributed by atoms with van der Waals surface area (Å²) in [6.45, 7) is 4.45. The maximum absolute atomic E-state index is 3.96. The molecule has 4 aliphatic carbocycles.